The number of rotatable bonds is 5. The molecule has 2 aliphatic heterocycles. The Hall–Kier alpha value is -5.04. The van der Waals surface area contributed by atoms with Crippen LogP contribution in [0.2, 0.25) is 0 Å². The number of benzene rings is 4. The third-order valence-corrected chi connectivity index (χ3v) is 8.88. The lowest BCUT2D eigenvalue weighted by Crippen LogP contribution is -2.48. The number of methoxy groups -OCH3 is 2. The van der Waals surface area contributed by atoms with E-state index in [1.54, 1.807) is 42.5 Å². The van der Waals surface area contributed by atoms with Gasteiger partial charge in [-0.2, -0.15) is 0 Å². The van der Waals surface area contributed by atoms with Crippen LogP contribution in [-0.4, -0.2) is 43.7 Å². The Morgan fingerprint density at radius 3 is 2.17 bits per heavy atom. The second-order valence-electron chi connectivity index (χ2n) is 10.7. The van der Waals surface area contributed by atoms with Crippen LogP contribution in [0.5, 0.6) is 11.5 Å². The third kappa shape index (κ3) is 3.40. The fourth-order valence-corrected chi connectivity index (χ4v) is 7.13. The number of halogens is 1. The van der Waals surface area contributed by atoms with Crippen LogP contribution in [0.25, 0.3) is 6.08 Å². The summed E-state index contributed by atoms with van der Waals surface area (Å²) in [5.74, 6) is -1.56. The van der Waals surface area contributed by atoms with Gasteiger partial charge in [0.2, 0.25) is 0 Å². The number of hydrogen-bond acceptors (Lipinski definition) is 6. The molecule has 1 spiro atoms. The Kier molecular flexibility index (Phi) is 5.87. The quantitative estimate of drug-likeness (QED) is 0.216. The molecule has 3 aliphatic rings. The predicted molar refractivity (Wildman–Crippen MR) is 156 cm³/mol. The fourth-order valence-electron chi connectivity index (χ4n) is 7.13. The first-order chi connectivity index (χ1) is 20.4. The van der Waals surface area contributed by atoms with Gasteiger partial charge >= 0.3 is 0 Å². The molecule has 3 atom stereocenters. The van der Waals surface area contributed by atoms with Crippen molar-refractivity contribution in [2.24, 2.45) is 5.41 Å². The van der Waals surface area contributed by atoms with E-state index in [-0.39, 0.29) is 22.9 Å². The summed E-state index contributed by atoms with van der Waals surface area (Å²) in [6, 6.07) is 23.2. The molecule has 0 amide bonds. The van der Waals surface area contributed by atoms with Gasteiger partial charge in [0.1, 0.15) is 28.8 Å². The van der Waals surface area contributed by atoms with Gasteiger partial charge in [-0.05, 0) is 54.1 Å². The first-order valence-corrected chi connectivity index (χ1v) is 13.7. The molecule has 1 fully saturated rings. The van der Waals surface area contributed by atoms with E-state index in [1.165, 1.54) is 38.5 Å². The molecule has 0 unspecified atom stereocenters. The standard InChI is InChI=1S/C35H26FNO5/c1-41-23-16-17-28(42-2)26(19-23)30-31(32(38)21-11-14-22(36)15-12-21)37-27-10-6-3-7-20(27)13-18-29(37)35(30)33(39)24-8-4-5-9-25(24)34(35)40/h3-19,29-31H,1-2H3/t29-,30-,31+/m0/s1. The van der Waals surface area contributed by atoms with Gasteiger partial charge in [0.05, 0.1) is 20.3 Å². The van der Waals surface area contributed by atoms with E-state index >= 15 is 0 Å². The Morgan fingerprint density at radius 2 is 1.50 bits per heavy atom. The number of anilines is 1. The highest BCUT2D eigenvalue weighted by Gasteiger charge is 2.72. The molecule has 0 saturated carbocycles. The zero-order valence-electron chi connectivity index (χ0n) is 22.9. The van der Waals surface area contributed by atoms with Crippen LogP contribution in [0.1, 0.15) is 48.1 Å². The second-order valence-corrected chi connectivity index (χ2v) is 10.7. The van der Waals surface area contributed by atoms with Crippen molar-refractivity contribution in [3.63, 3.8) is 0 Å². The van der Waals surface area contributed by atoms with Gasteiger partial charge in [-0.3, -0.25) is 14.4 Å². The molecule has 7 heteroatoms. The minimum absolute atomic E-state index is 0.270. The molecule has 7 rings (SSSR count). The molecule has 208 valence electrons. The summed E-state index contributed by atoms with van der Waals surface area (Å²) in [7, 11) is 3.04. The Bertz CT molecular complexity index is 1780. The lowest BCUT2D eigenvalue weighted by atomic mass is 9.64. The molecule has 1 saturated heterocycles. The summed E-state index contributed by atoms with van der Waals surface area (Å²) in [6.45, 7) is 0. The van der Waals surface area contributed by atoms with Crippen molar-refractivity contribution in [1.29, 1.82) is 0 Å². The zero-order chi connectivity index (χ0) is 29.2. The highest BCUT2D eigenvalue weighted by atomic mass is 19.1. The van der Waals surface area contributed by atoms with Crippen LogP contribution in [0.3, 0.4) is 0 Å². The van der Waals surface area contributed by atoms with E-state index < -0.39 is 29.2 Å². The van der Waals surface area contributed by atoms with Crippen molar-refractivity contribution in [2.45, 2.75) is 18.0 Å². The van der Waals surface area contributed by atoms with Crippen molar-refractivity contribution in [3.05, 3.63) is 131 Å². The topological polar surface area (TPSA) is 72.9 Å². The van der Waals surface area contributed by atoms with E-state index in [4.69, 9.17) is 9.47 Å². The van der Waals surface area contributed by atoms with Crippen molar-refractivity contribution >= 4 is 29.1 Å². The largest absolute Gasteiger partial charge is 0.497 e. The van der Waals surface area contributed by atoms with Crippen LogP contribution in [-0.2, 0) is 0 Å². The zero-order valence-corrected chi connectivity index (χ0v) is 22.9. The van der Waals surface area contributed by atoms with E-state index in [2.05, 4.69) is 0 Å². The van der Waals surface area contributed by atoms with Crippen LogP contribution < -0.4 is 14.4 Å². The molecule has 2 heterocycles. The number of ether oxygens (including phenoxy) is 2. The monoisotopic (exact) mass is 559 g/mol. The maximum Gasteiger partial charge on any atom is 0.185 e. The molecule has 0 radical (unpaired) electrons. The summed E-state index contributed by atoms with van der Waals surface area (Å²) in [5.41, 5.74) is 1.33. The number of ketones is 3. The van der Waals surface area contributed by atoms with Gasteiger partial charge in [0.25, 0.3) is 0 Å². The molecular weight excluding hydrogens is 533 g/mol. The summed E-state index contributed by atoms with van der Waals surface area (Å²) >= 11 is 0. The van der Waals surface area contributed by atoms with E-state index in [1.807, 2.05) is 41.3 Å². The lowest BCUT2D eigenvalue weighted by Gasteiger charge is -2.37. The SMILES string of the molecule is COc1ccc(OC)c([C@H]2[C@H](C(=O)c3ccc(F)cc3)N3c4ccccc4C=C[C@H]3C23C(=O)c2ccccc2C3=O)c1. The van der Waals surface area contributed by atoms with E-state index in [0.717, 1.165) is 11.3 Å². The third-order valence-electron chi connectivity index (χ3n) is 8.88. The molecule has 0 N–H and O–H groups in total. The Labute approximate surface area is 242 Å². The summed E-state index contributed by atoms with van der Waals surface area (Å²) in [5, 5.41) is 0. The van der Waals surface area contributed by atoms with Gasteiger partial charge in [-0.25, -0.2) is 4.39 Å². The van der Waals surface area contributed by atoms with E-state index in [0.29, 0.717) is 28.2 Å². The van der Waals surface area contributed by atoms with Crippen molar-refractivity contribution in [1.82, 2.24) is 0 Å². The van der Waals surface area contributed by atoms with Crippen molar-refractivity contribution in [2.75, 3.05) is 19.1 Å². The number of para-hydroxylation sites is 1. The van der Waals surface area contributed by atoms with Crippen LogP contribution in [0.4, 0.5) is 10.1 Å². The van der Waals surface area contributed by atoms with Crippen LogP contribution in [0.15, 0.2) is 97.1 Å². The molecule has 4 aromatic carbocycles. The second kappa shape index (κ2) is 9.52. The number of Topliss-reactive ketones (excluding diaryl/α,β-unsaturated/α-hetero) is 3. The minimum Gasteiger partial charge on any atom is -0.497 e. The maximum atomic E-state index is 14.8. The normalized spacial score (nSPS) is 21.2. The maximum absolute atomic E-state index is 14.8. The highest BCUT2D eigenvalue weighted by molar-refractivity contribution is 6.32. The molecule has 0 bridgehead atoms. The molecule has 42 heavy (non-hydrogen) atoms. The lowest BCUT2D eigenvalue weighted by molar-refractivity contribution is 0.0664. The molecule has 1 aliphatic carbocycles. The minimum atomic E-state index is -1.69. The number of carbonyl (C=O) groups excluding carboxylic acids is 3. The van der Waals surface area contributed by atoms with Gasteiger partial charge in [-0.1, -0.05) is 54.6 Å². The summed E-state index contributed by atoms with van der Waals surface area (Å²) < 4.78 is 25.3. The Morgan fingerprint density at radius 1 is 0.833 bits per heavy atom. The first kappa shape index (κ1) is 25.9. The first-order valence-electron chi connectivity index (χ1n) is 13.7. The summed E-state index contributed by atoms with van der Waals surface area (Å²) in [4.78, 5) is 46.2. The molecular formula is C35H26FNO5. The number of fused-ring (bicyclic) bond motifs is 5. The highest BCUT2D eigenvalue weighted by Crippen LogP contribution is 2.62. The van der Waals surface area contributed by atoms with Crippen molar-refractivity contribution in [3.8, 4) is 11.5 Å². The van der Waals surface area contributed by atoms with Crippen LogP contribution >= 0.6 is 0 Å². The molecule has 4 aromatic rings. The fraction of sp³-hybridized carbons (Fsp3) is 0.171. The van der Waals surface area contributed by atoms with E-state index in [9.17, 15) is 18.8 Å². The molecule has 0 aromatic heterocycles. The average molecular weight is 560 g/mol. The summed E-state index contributed by atoms with van der Waals surface area (Å²) in [6.07, 6.45) is 3.77. The number of carbonyl (C=O) groups is 3. The van der Waals surface area contributed by atoms with Crippen molar-refractivity contribution < 1.29 is 28.2 Å². The van der Waals surface area contributed by atoms with Crippen LogP contribution in [0, 0.1) is 11.2 Å². The average Bonchev–Trinajstić information content (AvgIpc) is 3.46. The van der Waals surface area contributed by atoms with Gasteiger partial charge in [-0.15, -0.1) is 0 Å². The molecule has 6 nitrogen and oxygen atoms in total. The number of nitrogens with zero attached hydrogens (tertiary/aromatic N) is 1. The van der Waals surface area contributed by atoms with Gasteiger partial charge < -0.3 is 14.4 Å². The number of hydrogen-bond donors (Lipinski definition) is 0. The Balaban J connectivity index is 1.58. The smallest absolute Gasteiger partial charge is 0.185 e. The van der Waals surface area contributed by atoms with Gasteiger partial charge in [0, 0.05) is 33.9 Å². The predicted octanol–water partition coefficient (Wildman–Crippen LogP) is 6.16. The van der Waals surface area contributed by atoms with Gasteiger partial charge in [0.15, 0.2) is 17.3 Å².